The van der Waals surface area contributed by atoms with Crippen LogP contribution < -0.4 is 4.90 Å². The first kappa shape index (κ1) is 11.2. The van der Waals surface area contributed by atoms with E-state index in [-0.39, 0.29) is 13.2 Å². The van der Waals surface area contributed by atoms with Crippen LogP contribution in [-0.4, -0.2) is 46.7 Å². The molecule has 0 fully saturated rings. The minimum Gasteiger partial charge on any atom is -0.395 e. The van der Waals surface area contributed by atoms with E-state index < -0.39 is 0 Å². The van der Waals surface area contributed by atoms with Crippen LogP contribution in [0.5, 0.6) is 0 Å². The standard InChI is InChI=1S/C8H12ClN3O2/c9-7-1-2-8(11-10-7)12(3-5-13)4-6-14/h1-2,13-14H,3-6H2. The van der Waals surface area contributed by atoms with E-state index in [0.717, 1.165) is 0 Å². The molecule has 0 saturated heterocycles. The molecule has 0 aliphatic carbocycles. The predicted molar refractivity (Wildman–Crippen MR) is 53.4 cm³/mol. The Balaban J connectivity index is 2.71. The van der Waals surface area contributed by atoms with Gasteiger partial charge in [-0.3, -0.25) is 0 Å². The molecule has 1 rings (SSSR count). The fourth-order valence-corrected chi connectivity index (χ4v) is 1.16. The molecule has 6 heteroatoms. The molecule has 0 spiro atoms. The molecular weight excluding hydrogens is 206 g/mol. The van der Waals surface area contributed by atoms with E-state index in [4.69, 9.17) is 21.8 Å². The molecule has 0 aliphatic rings. The van der Waals surface area contributed by atoms with Gasteiger partial charge >= 0.3 is 0 Å². The van der Waals surface area contributed by atoms with Crippen molar-refractivity contribution in [2.45, 2.75) is 0 Å². The number of halogens is 1. The van der Waals surface area contributed by atoms with Crippen LogP contribution in [-0.2, 0) is 0 Å². The third kappa shape index (κ3) is 3.10. The lowest BCUT2D eigenvalue weighted by Gasteiger charge is -2.20. The van der Waals surface area contributed by atoms with Crippen molar-refractivity contribution in [2.75, 3.05) is 31.2 Å². The highest BCUT2D eigenvalue weighted by Crippen LogP contribution is 2.10. The monoisotopic (exact) mass is 217 g/mol. The van der Waals surface area contributed by atoms with Crippen LogP contribution in [0.15, 0.2) is 12.1 Å². The highest BCUT2D eigenvalue weighted by molar-refractivity contribution is 6.29. The number of rotatable bonds is 5. The molecule has 0 aliphatic heterocycles. The van der Waals surface area contributed by atoms with Gasteiger partial charge in [0, 0.05) is 13.1 Å². The first-order chi connectivity index (χ1) is 6.77. The zero-order valence-electron chi connectivity index (χ0n) is 7.60. The summed E-state index contributed by atoms with van der Waals surface area (Å²) in [6, 6.07) is 3.31. The fraction of sp³-hybridized carbons (Fsp3) is 0.500. The number of aliphatic hydroxyl groups excluding tert-OH is 2. The maximum absolute atomic E-state index is 8.78. The Morgan fingerprint density at radius 2 is 1.79 bits per heavy atom. The molecule has 2 N–H and O–H groups in total. The first-order valence-electron chi connectivity index (χ1n) is 4.24. The number of anilines is 1. The van der Waals surface area contributed by atoms with Crippen molar-refractivity contribution in [3.63, 3.8) is 0 Å². The maximum atomic E-state index is 8.78. The lowest BCUT2D eigenvalue weighted by molar-refractivity contribution is 0.280. The lowest BCUT2D eigenvalue weighted by atomic mass is 10.4. The summed E-state index contributed by atoms with van der Waals surface area (Å²) in [4.78, 5) is 1.73. The molecule has 1 aromatic rings. The average Bonchev–Trinajstić information content (AvgIpc) is 2.19. The molecule has 0 amide bonds. The summed E-state index contributed by atoms with van der Waals surface area (Å²) in [5, 5.41) is 25.4. The van der Waals surface area contributed by atoms with Gasteiger partial charge in [0.05, 0.1) is 13.2 Å². The molecule has 1 heterocycles. The Bertz CT molecular complexity index is 262. The van der Waals surface area contributed by atoms with Gasteiger partial charge in [-0.25, -0.2) is 0 Å². The molecule has 0 atom stereocenters. The van der Waals surface area contributed by atoms with Crippen LogP contribution in [0.1, 0.15) is 0 Å². The fourth-order valence-electron chi connectivity index (χ4n) is 1.06. The molecule has 0 bridgehead atoms. The summed E-state index contributed by atoms with van der Waals surface area (Å²) < 4.78 is 0. The predicted octanol–water partition coefficient (Wildman–Crippen LogP) is -0.0790. The molecule has 0 radical (unpaired) electrons. The molecule has 1 aromatic heterocycles. The van der Waals surface area contributed by atoms with Gasteiger partial charge in [-0.15, -0.1) is 10.2 Å². The van der Waals surface area contributed by atoms with Gasteiger partial charge in [0.15, 0.2) is 11.0 Å². The summed E-state index contributed by atoms with van der Waals surface area (Å²) in [6.07, 6.45) is 0. The third-order valence-corrected chi connectivity index (χ3v) is 1.88. The second-order valence-corrected chi connectivity index (χ2v) is 3.04. The number of hydrogen-bond donors (Lipinski definition) is 2. The Morgan fingerprint density at radius 1 is 1.14 bits per heavy atom. The molecule has 0 saturated carbocycles. The second kappa shape index (κ2) is 5.74. The molecule has 0 unspecified atom stereocenters. The first-order valence-corrected chi connectivity index (χ1v) is 4.61. The highest BCUT2D eigenvalue weighted by atomic mass is 35.5. The topological polar surface area (TPSA) is 69.5 Å². The normalized spacial score (nSPS) is 10.2. The minimum atomic E-state index is 0.00427. The van der Waals surface area contributed by atoms with Gasteiger partial charge in [0.1, 0.15) is 0 Å². The van der Waals surface area contributed by atoms with Crippen LogP contribution >= 0.6 is 11.6 Å². The van der Waals surface area contributed by atoms with Crippen LogP contribution in [0, 0.1) is 0 Å². The van der Waals surface area contributed by atoms with Crippen molar-refractivity contribution >= 4 is 17.4 Å². The Labute approximate surface area is 87.0 Å². The van der Waals surface area contributed by atoms with Crippen LogP contribution in [0.2, 0.25) is 5.15 Å². The Morgan fingerprint density at radius 3 is 2.21 bits per heavy atom. The molecule has 5 nitrogen and oxygen atoms in total. The molecule has 78 valence electrons. The average molecular weight is 218 g/mol. The summed E-state index contributed by atoms with van der Waals surface area (Å²) in [7, 11) is 0. The number of aliphatic hydroxyl groups is 2. The third-order valence-electron chi connectivity index (χ3n) is 1.68. The van der Waals surface area contributed by atoms with E-state index in [2.05, 4.69) is 10.2 Å². The van der Waals surface area contributed by atoms with Crippen molar-refractivity contribution in [3.05, 3.63) is 17.3 Å². The Kier molecular flexibility index (Phi) is 4.58. The quantitative estimate of drug-likeness (QED) is 0.722. The number of aromatic nitrogens is 2. The summed E-state index contributed by atoms with van der Waals surface area (Å²) in [5.74, 6) is 0.595. The van der Waals surface area contributed by atoms with Gasteiger partial charge in [0.2, 0.25) is 0 Å². The molecule has 14 heavy (non-hydrogen) atoms. The van der Waals surface area contributed by atoms with E-state index >= 15 is 0 Å². The van der Waals surface area contributed by atoms with E-state index in [1.807, 2.05) is 0 Å². The van der Waals surface area contributed by atoms with E-state index in [1.165, 1.54) is 0 Å². The largest absolute Gasteiger partial charge is 0.395 e. The van der Waals surface area contributed by atoms with Crippen molar-refractivity contribution in [3.8, 4) is 0 Å². The van der Waals surface area contributed by atoms with Gasteiger partial charge in [-0.05, 0) is 12.1 Å². The van der Waals surface area contributed by atoms with E-state index in [9.17, 15) is 0 Å². The van der Waals surface area contributed by atoms with Crippen molar-refractivity contribution < 1.29 is 10.2 Å². The zero-order chi connectivity index (χ0) is 10.4. The van der Waals surface area contributed by atoms with Crippen molar-refractivity contribution in [1.29, 1.82) is 0 Å². The van der Waals surface area contributed by atoms with Crippen LogP contribution in [0.4, 0.5) is 5.82 Å². The summed E-state index contributed by atoms with van der Waals surface area (Å²) in [5.41, 5.74) is 0. The molecule has 0 aromatic carbocycles. The van der Waals surface area contributed by atoms with Crippen molar-refractivity contribution in [2.24, 2.45) is 0 Å². The summed E-state index contributed by atoms with van der Waals surface area (Å²) in [6.45, 7) is 0.836. The van der Waals surface area contributed by atoms with E-state index in [1.54, 1.807) is 17.0 Å². The SMILES string of the molecule is OCCN(CCO)c1ccc(Cl)nn1. The zero-order valence-corrected chi connectivity index (χ0v) is 8.35. The lowest BCUT2D eigenvalue weighted by Crippen LogP contribution is -2.30. The van der Waals surface area contributed by atoms with Gasteiger partial charge in [0.25, 0.3) is 0 Å². The van der Waals surface area contributed by atoms with E-state index in [0.29, 0.717) is 24.1 Å². The minimum absolute atomic E-state index is 0.00427. The van der Waals surface area contributed by atoms with Crippen LogP contribution in [0.3, 0.4) is 0 Å². The van der Waals surface area contributed by atoms with Gasteiger partial charge < -0.3 is 15.1 Å². The van der Waals surface area contributed by atoms with Crippen molar-refractivity contribution in [1.82, 2.24) is 10.2 Å². The van der Waals surface area contributed by atoms with Gasteiger partial charge in [-0.1, -0.05) is 11.6 Å². The second-order valence-electron chi connectivity index (χ2n) is 2.65. The number of nitrogens with zero attached hydrogens (tertiary/aromatic N) is 3. The molecular formula is C8H12ClN3O2. The highest BCUT2D eigenvalue weighted by Gasteiger charge is 2.06. The smallest absolute Gasteiger partial charge is 0.151 e. The Hall–Kier alpha value is -0.910. The van der Waals surface area contributed by atoms with Gasteiger partial charge in [-0.2, -0.15) is 0 Å². The van der Waals surface area contributed by atoms with Crippen LogP contribution in [0.25, 0.3) is 0 Å². The summed E-state index contributed by atoms with van der Waals surface area (Å²) >= 11 is 5.58. The number of hydrogen-bond acceptors (Lipinski definition) is 5. The maximum Gasteiger partial charge on any atom is 0.151 e.